The number of para-hydroxylation sites is 1. The van der Waals surface area contributed by atoms with Crippen molar-refractivity contribution in [2.45, 2.75) is 0 Å². The first-order chi connectivity index (χ1) is 18.3. The van der Waals surface area contributed by atoms with Crippen molar-refractivity contribution in [2.24, 2.45) is 0 Å². The highest BCUT2D eigenvalue weighted by Crippen LogP contribution is 2.28. The summed E-state index contributed by atoms with van der Waals surface area (Å²) in [7, 11) is 0. The van der Waals surface area contributed by atoms with Crippen molar-refractivity contribution in [1.29, 1.82) is 0 Å². The Morgan fingerprint density at radius 2 is 1.55 bits per heavy atom. The summed E-state index contributed by atoms with van der Waals surface area (Å²) in [5.74, 6) is 0.0713. The Balaban J connectivity index is 1.46. The predicted molar refractivity (Wildman–Crippen MR) is 156 cm³/mol. The minimum atomic E-state index is -0.616. The number of aromatic nitrogens is 1. The zero-order valence-corrected chi connectivity index (χ0v) is 22.6. The molecule has 0 spiro atoms. The first kappa shape index (κ1) is 25.8. The third-order valence-corrected chi connectivity index (χ3v) is 6.88. The molecule has 1 aliphatic heterocycles. The van der Waals surface area contributed by atoms with Crippen molar-refractivity contribution in [2.75, 3.05) is 4.90 Å². The molecule has 0 bridgehead atoms. The van der Waals surface area contributed by atoms with Gasteiger partial charge in [-0.25, -0.2) is 0 Å². The van der Waals surface area contributed by atoms with Crippen LogP contribution in [0.4, 0.5) is 5.69 Å². The molecule has 188 valence electrons. The maximum Gasteiger partial charge on any atom is 0.270 e. The lowest BCUT2D eigenvalue weighted by Crippen LogP contribution is -2.54. The van der Waals surface area contributed by atoms with Gasteiger partial charge in [-0.15, -0.1) is 0 Å². The van der Waals surface area contributed by atoms with Gasteiger partial charge in [-0.1, -0.05) is 59.7 Å². The average Bonchev–Trinajstić information content (AvgIpc) is 2.89. The SMILES string of the molecule is O=C1NC(=S)N(c2ccc(Oc3ccccc3)cc2)C(=O)C1=Cc1cccn(-c2ccc(Cl)cc2Cl)c1=S. The molecule has 2 heterocycles. The lowest BCUT2D eigenvalue weighted by Gasteiger charge is -2.29. The average molecular weight is 579 g/mol. The molecule has 0 saturated carbocycles. The van der Waals surface area contributed by atoms with E-state index in [1.807, 2.05) is 30.3 Å². The molecule has 10 heteroatoms. The highest BCUT2D eigenvalue weighted by molar-refractivity contribution is 7.80. The molecule has 0 radical (unpaired) electrons. The van der Waals surface area contributed by atoms with Gasteiger partial charge in [0, 0.05) is 16.8 Å². The van der Waals surface area contributed by atoms with E-state index >= 15 is 0 Å². The van der Waals surface area contributed by atoms with E-state index in [0.717, 1.165) is 0 Å². The Morgan fingerprint density at radius 1 is 0.842 bits per heavy atom. The number of carbonyl (C=O) groups is 2. The topological polar surface area (TPSA) is 63.6 Å². The second-order valence-electron chi connectivity index (χ2n) is 8.10. The van der Waals surface area contributed by atoms with Gasteiger partial charge in [0.2, 0.25) is 0 Å². The van der Waals surface area contributed by atoms with Gasteiger partial charge < -0.3 is 9.30 Å². The van der Waals surface area contributed by atoms with E-state index in [-0.39, 0.29) is 10.7 Å². The lowest BCUT2D eigenvalue weighted by molar-refractivity contribution is -0.122. The van der Waals surface area contributed by atoms with Gasteiger partial charge in [0.15, 0.2) is 5.11 Å². The number of hydrogen-bond donors (Lipinski definition) is 1. The Hall–Kier alpha value is -3.82. The predicted octanol–water partition coefficient (Wildman–Crippen LogP) is 7.14. The van der Waals surface area contributed by atoms with Gasteiger partial charge in [0.25, 0.3) is 11.8 Å². The first-order valence-corrected chi connectivity index (χ1v) is 12.8. The molecular formula is C28H17Cl2N3O3S2. The third-order valence-electron chi connectivity index (χ3n) is 5.62. The van der Waals surface area contributed by atoms with Crippen LogP contribution in [0.5, 0.6) is 11.5 Å². The number of anilines is 1. The fourth-order valence-electron chi connectivity index (χ4n) is 3.82. The number of halogens is 2. The number of nitrogens with one attached hydrogen (secondary N) is 1. The summed E-state index contributed by atoms with van der Waals surface area (Å²) >= 11 is 23.4. The number of benzene rings is 3. The number of pyridine rings is 1. The number of hydrogen-bond acceptors (Lipinski definition) is 5. The molecule has 0 atom stereocenters. The Morgan fingerprint density at radius 3 is 2.26 bits per heavy atom. The Kier molecular flexibility index (Phi) is 7.40. The molecule has 2 amide bonds. The van der Waals surface area contributed by atoms with Crippen LogP contribution in [0.2, 0.25) is 10.0 Å². The Bertz CT molecular complexity index is 1670. The molecule has 0 unspecified atom stereocenters. The van der Waals surface area contributed by atoms with Gasteiger partial charge in [-0.2, -0.15) is 0 Å². The summed E-state index contributed by atoms with van der Waals surface area (Å²) in [5.41, 5.74) is 1.45. The zero-order valence-electron chi connectivity index (χ0n) is 19.4. The van der Waals surface area contributed by atoms with Gasteiger partial charge in [-0.3, -0.25) is 19.8 Å². The lowest BCUT2D eigenvalue weighted by atomic mass is 10.1. The van der Waals surface area contributed by atoms with Crippen molar-refractivity contribution < 1.29 is 14.3 Å². The van der Waals surface area contributed by atoms with Crippen LogP contribution >= 0.6 is 47.6 Å². The van der Waals surface area contributed by atoms with Gasteiger partial charge in [0.1, 0.15) is 21.7 Å². The fraction of sp³-hybridized carbons (Fsp3) is 0. The maximum atomic E-state index is 13.5. The van der Waals surface area contributed by atoms with Crippen LogP contribution in [0.15, 0.2) is 96.7 Å². The molecule has 0 aliphatic carbocycles. The van der Waals surface area contributed by atoms with E-state index < -0.39 is 11.8 Å². The van der Waals surface area contributed by atoms with Crippen molar-refractivity contribution in [3.63, 3.8) is 0 Å². The zero-order chi connectivity index (χ0) is 26.8. The monoisotopic (exact) mass is 577 g/mol. The van der Waals surface area contributed by atoms with Crippen molar-refractivity contribution in [3.8, 4) is 17.2 Å². The minimum Gasteiger partial charge on any atom is -0.457 e. The van der Waals surface area contributed by atoms with Crippen LogP contribution in [-0.4, -0.2) is 21.5 Å². The van der Waals surface area contributed by atoms with Crippen LogP contribution in [0, 0.1) is 4.64 Å². The third kappa shape index (κ3) is 5.25. The van der Waals surface area contributed by atoms with Crippen LogP contribution in [0.25, 0.3) is 11.8 Å². The van der Waals surface area contributed by atoms with Gasteiger partial charge in [0.05, 0.1) is 16.4 Å². The summed E-state index contributed by atoms with van der Waals surface area (Å²) in [4.78, 5) is 27.5. The van der Waals surface area contributed by atoms with E-state index in [0.29, 0.717) is 43.1 Å². The number of ether oxygens (including phenoxy) is 1. The molecule has 6 nitrogen and oxygen atoms in total. The van der Waals surface area contributed by atoms with Crippen LogP contribution in [0.3, 0.4) is 0 Å². The molecule has 1 fully saturated rings. The van der Waals surface area contributed by atoms with Crippen LogP contribution in [0.1, 0.15) is 5.56 Å². The summed E-state index contributed by atoms with van der Waals surface area (Å²) in [6, 6.07) is 24.6. The number of thiocarbonyl (C=S) groups is 1. The summed E-state index contributed by atoms with van der Waals surface area (Å²) < 4.78 is 7.85. The number of carbonyl (C=O) groups excluding carboxylic acids is 2. The van der Waals surface area contributed by atoms with Gasteiger partial charge in [-0.05, 0) is 79.0 Å². The van der Waals surface area contributed by atoms with E-state index in [9.17, 15) is 9.59 Å². The molecule has 3 aromatic carbocycles. The maximum absolute atomic E-state index is 13.5. The number of nitrogens with zero attached hydrogens (tertiary/aromatic N) is 2. The fourth-order valence-corrected chi connectivity index (χ4v) is 4.89. The normalized spacial score (nSPS) is 14.5. The summed E-state index contributed by atoms with van der Waals surface area (Å²) in [5, 5.41) is 3.45. The number of amides is 2. The molecule has 1 aliphatic rings. The molecule has 1 N–H and O–H groups in total. The largest absolute Gasteiger partial charge is 0.457 e. The molecule has 4 aromatic rings. The second-order valence-corrected chi connectivity index (χ2v) is 9.72. The van der Waals surface area contributed by atoms with E-state index in [1.165, 1.54) is 11.0 Å². The Labute approximate surface area is 238 Å². The van der Waals surface area contributed by atoms with Crippen molar-refractivity contribution in [1.82, 2.24) is 9.88 Å². The molecular weight excluding hydrogens is 561 g/mol. The van der Waals surface area contributed by atoms with Crippen molar-refractivity contribution in [3.05, 3.63) is 117 Å². The standard InChI is InChI=1S/C28H17Cl2N3O3S2/c29-18-8-13-24(23(30)16-18)32-14-4-5-17(27(32)37)15-22-25(34)31-28(38)33(26(22)35)19-9-11-21(12-10-19)36-20-6-2-1-3-7-20/h1-16H,(H,31,34,38). The quantitative estimate of drug-likeness (QED) is 0.155. The summed E-state index contributed by atoms with van der Waals surface area (Å²) in [6.45, 7) is 0. The number of rotatable bonds is 5. The molecule has 5 rings (SSSR count). The van der Waals surface area contributed by atoms with Gasteiger partial charge >= 0.3 is 0 Å². The van der Waals surface area contributed by atoms with E-state index in [1.54, 1.807) is 65.4 Å². The minimum absolute atomic E-state index is 0.0245. The van der Waals surface area contributed by atoms with E-state index in [2.05, 4.69) is 5.32 Å². The van der Waals surface area contributed by atoms with Crippen LogP contribution < -0.4 is 15.0 Å². The highest BCUT2D eigenvalue weighted by atomic mass is 35.5. The first-order valence-electron chi connectivity index (χ1n) is 11.2. The van der Waals surface area contributed by atoms with Crippen LogP contribution in [-0.2, 0) is 9.59 Å². The molecule has 1 aromatic heterocycles. The second kappa shape index (κ2) is 10.9. The molecule has 38 heavy (non-hydrogen) atoms. The summed E-state index contributed by atoms with van der Waals surface area (Å²) in [6.07, 6.45) is 3.19. The smallest absolute Gasteiger partial charge is 0.270 e. The van der Waals surface area contributed by atoms with Crippen molar-refractivity contribution >= 4 is 76.3 Å². The van der Waals surface area contributed by atoms with E-state index in [4.69, 9.17) is 52.4 Å². The highest BCUT2D eigenvalue weighted by Gasteiger charge is 2.34. The molecule has 1 saturated heterocycles.